The topological polar surface area (TPSA) is 67.9 Å². The van der Waals surface area contributed by atoms with Crippen LogP contribution in [-0.4, -0.2) is 21.6 Å². The van der Waals surface area contributed by atoms with E-state index in [2.05, 4.69) is 25.8 Å². The summed E-state index contributed by atoms with van der Waals surface area (Å²) in [6.07, 6.45) is 5.15. The number of rotatable bonds is 6. The number of hydrogen-bond donors (Lipinski definition) is 1. The van der Waals surface area contributed by atoms with Crippen molar-refractivity contribution >= 4 is 33.3 Å². The van der Waals surface area contributed by atoms with E-state index < -0.39 is 0 Å². The molecule has 0 saturated carbocycles. The molecule has 1 N–H and O–H groups in total. The van der Waals surface area contributed by atoms with Crippen molar-refractivity contribution in [3.05, 3.63) is 44.4 Å². The van der Waals surface area contributed by atoms with E-state index in [1.54, 1.807) is 24.0 Å². The first-order chi connectivity index (χ1) is 13.9. The highest BCUT2D eigenvalue weighted by Crippen LogP contribution is 2.41. The number of pyridine rings is 1. The fraction of sp³-hybridized carbons (Fsp3) is 0.500. The smallest absolute Gasteiger partial charge is 0.223 e. The molecular formula is C22H27N3O2S2. The number of fused-ring (bicyclic) bond motifs is 3. The van der Waals surface area contributed by atoms with Gasteiger partial charge in [-0.25, -0.2) is 9.97 Å². The van der Waals surface area contributed by atoms with Gasteiger partial charge in [0.15, 0.2) is 5.75 Å². The zero-order valence-electron chi connectivity index (χ0n) is 17.4. The van der Waals surface area contributed by atoms with E-state index in [9.17, 15) is 4.79 Å². The van der Waals surface area contributed by atoms with Crippen molar-refractivity contribution in [2.45, 2.75) is 57.7 Å². The molecule has 29 heavy (non-hydrogen) atoms. The number of nitrogens with one attached hydrogen (secondary N) is 1. The van der Waals surface area contributed by atoms with Crippen molar-refractivity contribution in [1.29, 1.82) is 0 Å². The Morgan fingerprint density at radius 3 is 2.97 bits per heavy atom. The fourth-order valence-electron chi connectivity index (χ4n) is 3.61. The summed E-state index contributed by atoms with van der Waals surface area (Å²) < 4.78 is 5.58. The quantitative estimate of drug-likeness (QED) is 0.434. The Balaban J connectivity index is 1.57. The van der Waals surface area contributed by atoms with Crippen LogP contribution >= 0.6 is 23.1 Å². The zero-order chi connectivity index (χ0) is 20.5. The minimum absolute atomic E-state index is 0.0779. The first-order valence-electron chi connectivity index (χ1n) is 10.2. The molecule has 1 aliphatic carbocycles. The largest absolute Gasteiger partial charge is 0.488 e. The first-order valence-corrected chi connectivity index (χ1v) is 12.0. The van der Waals surface area contributed by atoms with Crippen LogP contribution in [0.3, 0.4) is 0 Å². The Morgan fingerprint density at radius 2 is 2.21 bits per heavy atom. The number of H-pyrrole nitrogens is 1. The van der Waals surface area contributed by atoms with Crippen LogP contribution in [0.4, 0.5) is 0 Å². The van der Waals surface area contributed by atoms with Crippen molar-refractivity contribution in [2.24, 2.45) is 11.8 Å². The predicted molar refractivity (Wildman–Crippen MR) is 120 cm³/mol. The number of aryl methyl sites for hydroxylation is 2. The Morgan fingerprint density at radius 1 is 1.38 bits per heavy atom. The van der Waals surface area contributed by atoms with Gasteiger partial charge >= 0.3 is 0 Å². The number of hydrogen-bond acceptors (Lipinski definition) is 6. The second-order valence-corrected chi connectivity index (χ2v) is 10.3. The lowest BCUT2D eigenvalue weighted by Gasteiger charge is -2.18. The summed E-state index contributed by atoms with van der Waals surface area (Å²) in [7, 11) is 0. The van der Waals surface area contributed by atoms with Crippen LogP contribution in [0, 0.1) is 18.8 Å². The molecule has 0 spiro atoms. The summed E-state index contributed by atoms with van der Waals surface area (Å²) in [5.74, 6) is 2.97. The number of aromatic nitrogens is 3. The van der Waals surface area contributed by atoms with E-state index in [4.69, 9.17) is 14.7 Å². The lowest BCUT2D eigenvalue weighted by molar-refractivity contribution is 0.268. The second kappa shape index (κ2) is 8.48. The van der Waals surface area contributed by atoms with Gasteiger partial charge in [0.25, 0.3) is 0 Å². The number of thiophene rings is 1. The summed E-state index contributed by atoms with van der Waals surface area (Å²) in [4.78, 5) is 27.6. The van der Waals surface area contributed by atoms with Crippen LogP contribution in [0.15, 0.2) is 22.1 Å². The molecule has 3 aromatic rings. The molecule has 1 unspecified atom stereocenters. The Labute approximate surface area is 179 Å². The molecule has 7 heteroatoms. The van der Waals surface area contributed by atoms with Gasteiger partial charge in [-0.1, -0.05) is 32.5 Å². The summed E-state index contributed by atoms with van der Waals surface area (Å²) in [6.45, 7) is 8.94. The molecule has 1 aliphatic rings. The standard InChI is InChI=1S/C22H27N3O2S2/c1-12(2)10-27-18-9-23-15(8-17(18)26)11-28-21-20-16-6-5-13(3)7-19(16)29-22(20)25-14(4)24-21/h8-9,12-13H,5-7,10-11H2,1-4H3,(H,23,26). The van der Waals surface area contributed by atoms with Gasteiger partial charge in [0, 0.05) is 34.0 Å². The average Bonchev–Trinajstić information content (AvgIpc) is 3.02. The van der Waals surface area contributed by atoms with Crippen molar-refractivity contribution in [2.75, 3.05) is 6.61 Å². The number of ether oxygens (including phenoxy) is 1. The molecule has 0 fully saturated rings. The molecule has 154 valence electrons. The van der Waals surface area contributed by atoms with E-state index in [1.807, 2.05) is 18.3 Å². The summed E-state index contributed by atoms with van der Waals surface area (Å²) in [5, 5.41) is 2.26. The maximum absolute atomic E-state index is 12.3. The minimum Gasteiger partial charge on any atom is -0.488 e. The number of thioether (sulfide) groups is 1. The van der Waals surface area contributed by atoms with Crippen LogP contribution in [-0.2, 0) is 18.6 Å². The highest BCUT2D eigenvalue weighted by atomic mass is 32.2. The fourth-order valence-corrected chi connectivity index (χ4v) is 6.13. The van der Waals surface area contributed by atoms with Crippen LogP contribution in [0.2, 0.25) is 0 Å². The molecule has 3 aromatic heterocycles. The maximum atomic E-state index is 12.3. The molecular weight excluding hydrogens is 402 g/mol. The predicted octanol–water partition coefficient (Wildman–Crippen LogP) is 5.14. The molecule has 3 heterocycles. The minimum atomic E-state index is -0.0779. The van der Waals surface area contributed by atoms with E-state index in [0.717, 1.165) is 40.1 Å². The van der Waals surface area contributed by atoms with Crippen molar-refractivity contribution < 1.29 is 4.74 Å². The zero-order valence-corrected chi connectivity index (χ0v) is 19.0. The molecule has 1 atom stereocenters. The van der Waals surface area contributed by atoms with E-state index >= 15 is 0 Å². The van der Waals surface area contributed by atoms with Crippen molar-refractivity contribution in [1.82, 2.24) is 15.0 Å². The molecule has 0 saturated heterocycles. The lowest BCUT2D eigenvalue weighted by atomic mass is 9.89. The molecule has 5 nitrogen and oxygen atoms in total. The summed E-state index contributed by atoms with van der Waals surface area (Å²) in [6, 6.07) is 1.64. The lowest BCUT2D eigenvalue weighted by Crippen LogP contribution is -2.13. The van der Waals surface area contributed by atoms with Gasteiger partial charge in [-0.2, -0.15) is 0 Å². The van der Waals surface area contributed by atoms with Gasteiger partial charge in [-0.3, -0.25) is 4.79 Å². The molecule has 0 amide bonds. The SMILES string of the molecule is Cc1nc(SCc2cc(=O)c(OCC(C)C)c[nH]2)c2c3c(sc2n1)CC(C)CC3. The van der Waals surface area contributed by atoms with Crippen LogP contribution in [0.25, 0.3) is 10.2 Å². The number of aromatic amines is 1. The first kappa shape index (κ1) is 20.4. The molecule has 0 aromatic carbocycles. The monoisotopic (exact) mass is 429 g/mol. The van der Waals surface area contributed by atoms with E-state index in [0.29, 0.717) is 24.0 Å². The Bertz CT molecular complexity index is 1090. The molecule has 4 rings (SSSR count). The Kier molecular flexibility index (Phi) is 5.97. The van der Waals surface area contributed by atoms with Crippen LogP contribution < -0.4 is 10.2 Å². The highest BCUT2D eigenvalue weighted by molar-refractivity contribution is 7.98. The highest BCUT2D eigenvalue weighted by Gasteiger charge is 2.23. The van der Waals surface area contributed by atoms with Crippen molar-refractivity contribution in [3.63, 3.8) is 0 Å². The molecule has 0 radical (unpaired) electrons. The maximum Gasteiger partial charge on any atom is 0.223 e. The van der Waals surface area contributed by atoms with Gasteiger partial charge in [0.1, 0.15) is 15.7 Å². The van der Waals surface area contributed by atoms with Gasteiger partial charge in [0.2, 0.25) is 5.43 Å². The third-order valence-corrected chi connectivity index (χ3v) is 7.28. The van der Waals surface area contributed by atoms with Crippen LogP contribution in [0.5, 0.6) is 5.75 Å². The third-order valence-electron chi connectivity index (χ3n) is 5.11. The second-order valence-electron chi connectivity index (χ2n) is 8.29. The van der Waals surface area contributed by atoms with E-state index in [-0.39, 0.29) is 5.43 Å². The van der Waals surface area contributed by atoms with Gasteiger partial charge in [-0.15, -0.1) is 11.3 Å². The van der Waals surface area contributed by atoms with Crippen LogP contribution in [0.1, 0.15) is 49.2 Å². The van der Waals surface area contributed by atoms with Crippen molar-refractivity contribution in [3.8, 4) is 5.75 Å². The number of nitrogens with zero attached hydrogens (tertiary/aromatic N) is 2. The Hall–Kier alpha value is -1.86. The molecule has 0 aliphatic heterocycles. The average molecular weight is 430 g/mol. The summed E-state index contributed by atoms with van der Waals surface area (Å²) in [5.41, 5.74) is 2.24. The summed E-state index contributed by atoms with van der Waals surface area (Å²) >= 11 is 3.50. The van der Waals surface area contributed by atoms with Gasteiger partial charge in [0.05, 0.1) is 6.61 Å². The third kappa shape index (κ3) is 4.51. The molecule has 0 bridgehead atoms. The van der Waals surface area contributed by atoms with Gasteiger partial charge in [-0.05, 0) is 43.6 Å². The van der Waals surface area contributed by atoms with Gasteiger partial charge < -0.3 is 9.72 Å². The van der Waals surface area contributed by atoms with E-state index in [1.165, 1.54) is 22.2 Å². The normalized spacial score (nSPS) is 16.4.